The lowest BCUT2D eigenvalue weighted by molar-refractivity contribution is -0.136. The predicted octanol–water partition coefficient (Wildman–Crippen LogP) is 0.709. The monoisotopic (exact) mass is 283 g/mol. The van der Waals surface area contributed by atoms with Crippen LogP contribution in [0.3, 0.4) is 0 Å². The fourth-order valence-electron chi connectivity index (χ4n) is 2.27. The van der Waals surface area contributed by atoms with E-state index in [1.54, 1.807) is 17.0 Å². The summed E-state index contributed by atoms with van der Waals surface area (Å²) in [5.74, 6) is -0.473. The lowest BCUT2D eigenvalue weighted by atomic mass is 10.1. The van der Waals surface area contributed by atoms with E-state index in [4.69, 9.17) is 11.5 Å². The van der Waals surface area contributed by atoms with Gasteiger partial charge in [-0.3, -0.25) is 9.59 Å². The Bertz CT molecular complexity index is 461. The van der Waals surface area contributed by atoms with Crippen molar-refractivity contribution in [3.05, 3.63) is 29.8 Å². The number of carbonyl (C=O) groups is 2. The molecule has 5 nitrogen and oxygen atoms in total. The number of nitrogens with two attached hydrogens (primary N) is 2. The standard InChI is InChI=1S/C13H17N3O2.ClH/c14-10-5-3-9(4-6-10)8-12(17)16-7-1-2-11(16)13(15)18;/h3-6,11H,1-2,7-8,14H2,(H2,15,18);1H. The smallest absolute Gasteiger partial charge is 0.240 e. The normalized spacial score (nSPS) is 17.9. The van der Waals surface area contributed by atoms with Crippen LogP contribution in [0.1, 0.15) is 18.4 Å². The highest BCUT2D eigenvalue weighted by Crippen LogP contribution is 2.18. The van der Waals surface area contributed by atoms with Crippen LogP contribution in [0.2, 0.25) is 0 Å². The van der Waals surface area contributed by atoms with E-state index >= 15 is 0 Å². The molecule has 0 aromatic heterocycles. The molecule has 2 rings (SSSR count). The van der Waals surface area contributed by atoms with Crippen LogP contribution in [-0.2, 0) is 16.0 Å². The molecular formula is C13H18ClN3O2. The number of halogens is 1. The highest BCUT2D eigenvalue weighted by Gasteiger charge is 2.32. The fraction of sp³-hybridized carbons (Fsp3) is 0.385. The van der Waals surface area contributed by atoms with Crippen molar-refractivity contribution in [2.24, 2.45) is 5.73 Å². The second-order valence-electron chi connectivity index (χ2n) is 4.57. The number of hydrogen-bond donors (Lipinski definition) is 2. The second kappa shape index (κ2) is 6.43. The van der Waals surface area contributed by atoms with E-state index in [1.807, 2.05) is 12.1 Å². The Morgan fingerprint density at radius 1 is 1.26 bits per heavy atom. The summed E-state index contributed by atoms with van der Waals surface area (Å²) in [4.78, 5) is 24.9. The molecule has 1 fully saturated rings. The van der Waals surface area contributed by atoms with Gasteiger partial charge in [-0.1, -0.05) is 12.1 Å². The van der Waals surface area contributed by atoms with Gasteiger partial charge in [-0.2, -0.15) is 0 Å². The fourth-order valence-corrected chi connectivity index (χ4v) is 2.27. The maximum Gasteiger partial charge on any atom is 0.240 e. The zero-order chi connectivity index (χ0) is 13.1. The topological polar surface area (TPSA) is 89.4 Å². The molecule has 0 bridgehead atoms. The summed E-state index contributed by atoms with van der Waals surface area (Å²) in [5, 5.41) is 0. The van der Waals surface area contributed by atoms with Crippen molar-refractivity contribution in [2.45, 2.75) is 25.3 Å². The van der Waals surface area contributed by atoms with E-state index in [-0.39, 0.29) is 24.7 Å². The minimum absolute atomic E-state index is 0. The number of hydrogen-bond acceptors (Lipinski definition) is 3. The average molecular weight is 284 g/mol. The third-order valence-electron chi connectivity index (χ3n) is 3.24. The van der Waals surface area contributed by atoms with E-state index in [0.29, 0.717) is 18.7 Å². The Morgan fingerprint density at radius 2 is 1.89 bits per heavy atom. The first-order valence-electron chi connectivity index (χ1n) is 6.01. The number of rotatable bonds is 3. The molecule has 1 aliphatic heterocycles. The minimum atomic E-state index is -0.439. The van der Waals surface area contributed by atoms with Crippen molar-refractivity contribution in [2.75, 3.05) is 12.3 Å². The first kappa shape index (κ1) is 15.3. The van der Waals surface area contributed by atoms with Gasteiger partial charge in [0, 0.05) is 12.2 Å². The summed E-state index contributed by atoms with van der Waals surface area (Å²) in [5.41, 5.74) is 12.4. The van der Waals surface area contributed by atoms with Crippen LogP contribution in [0.4, 0.5) is 5.69 Å². The average Bonchev–Trinajstić information content (AvgIpc) is 2.81. The first-order valence-corrected chi connectivity index (χ1v) is 6.01. The third-order valence-corrected chi connectivity index (χ3v) is 3.24. The van der Waals surface area contributed by atoms with Crippen molar-refractivity contribution in [3.8, 4) is 0 Å². The van der Waals surface area contributed by atoms with Crippen LogP contribution in [0.15, 0.2) is 24.3 Å². The summed E-state index contributed by atoms with van der Waals surface area (Å²) >= 11 is 0. The molecule has 0 spiro atoms. The van der Waals surface area contributed by atoms with Crippen LogP contribution < -0.4 is 11.5 Å². The van der Waals surface area contributed by atoms with Crippen LogP contribution in [0.25, 0.3) is 0 Å². The van der Waals surface area contributed by atoms with Gasteiger partial charge < -0.3 is 16.4 Å². The molecule has 1 atom stereocenters. The Hall–Kier alpha value is -1.75. The summed E-state index contributed by atoms with van der Waals surface area (Å²) in [6, 6.07) is 6.73. The SMILES string of the molecule is Cl.NC(=O)C1CCCN1C(=O)Cc1ccc(N)cc1. The molecule has 1 aromatic rings. The van der Waals surface area contributed by atoms with Crippen molar-refractivity contribution in [1.29, 1.82) is 0 Å². The molecule has 2 amide bonds. The van der Waals surface area contributed by atoms with Gasteiger partial charge in [0.25, 0.3) is 0 Å². The molecule has 0 radical (unpaired) electrons. The number of amides is 2. The van der Waals surface area contributed by atoms with Crippen molar-refractivity contribution in [1.82, 2.24) is 4.90 Å². The highest BCUT2D eigenvalue weighted by molar-refractivity contribution is 5.88. The molecule has 19 heavy (non-hydrogen) atoms. The van der Waals surface area contributed by atoms with Crippen LogP contribution in [0, 0.1) is 0 Å². The van der Waals surface area contributed by atoms with Gasteiger partial charge in [-0.25, -0.2) is 0 Å². The summed E-state index contributed by atoms with van der Waals surface area (Å²) in [6.45, 7) is 0.613. The minimum Gasteiger partial charge on any atom is -0.399 e. The molecule has 1 aromatic carbocycles. The molecule has 1 saturated heterocycles. The van der Waals surface area contributed by atoms with Crippen LogP contribution >= 0.6 is 12.4 Å². The zero-order valence-electron chi connectivity index (χ0n) is 10.5. The molecule has 1 aliphatic rings. The Morgan fingerprint density at radius 3 is 2.47 bits per heavy atom. The summed E-state index contributed by atoms with van der Waals surface area (Å²) in [7, 11) is 0. The maximum absolute atomic E-state index is 12.1. The van der Waals surface area contributed by atoms with E-state index in [1.165, 1.54) is 0 Å². The largest absolute Gasteiger partial charge is 0.399 e. The molecule has 1 unspecified atom stereocenters. The molecule has 0 aliphatic carbocycles. The van der Waals surface area contributed by atoms with E-state index < -0.39 is 11.9 Å². The molecule has 4 N–H and O–H groups in total. The quantitative estimate of drug-likeness (QED) is 0.801. The predicted molar refractivity (Wildman–Crippen MR) is 75.7 cm³/mol. The highest BCUT2D eigenvalue weighted by atomic mass is 35.5. The lowest BCUT2D eigenvalue weighted by Gasteiger charge is -2.22. The lowest BCUT2D eigenvalue weighted by Crippen LogP contribution is -2.44. The van der Waals surface area contributed by atoms with E-state index in [2.05, 4.69) is 0 Å². The summed E-state index contributed by atoms with van der Waals surface area (Å²) < 4.78 is 0. The van der Waals surface area contributed by atoms with Gasteiger partial charge in [0.15, 0.2) is 0 Å². The second-order valence-corrected chi connectivity index (χ2v) is 4.57. The van der Waals surface area contributed by atoms with E-state index in [9.17, 15) is 9.59 Å². The van der Waals surface area contributed by atoms with Crippen LogP contribution in [0.5, 0.6) is 0 Å². The van der Waals surface area contributed by atoms with Crippen molar-refractivity contribution < 1.29 is 9.59 Å². The van der Waals surface area contributed by atoms with Gasteiger partial charge in [0.1, 0.15) is 6.04 Å². The number of nitrogen functional groups attached to an aromatic ring is 1. The zero-order valence-corrected chi connectivity index (χ0v) is 11.4. The Kier molecular flexibility index (Phi) is 5.18. The van der Waals surface area contributed by atoms with Gasteiger partial charge in [-0.05, 0) is 30.5 Å². The number of nitrogens with zero attached hydrogens (tertiary/aromatic N) is 1. The first-order chi connectivity index (χ1) is 8.58. The number of anilines is 1. The molecule has 104 valence electrons. The van der Waals surface area contributed by atoms with Gasteiger partial charge >= 0.3 is 0 Å². The number of primary amides is 1. The van der Waals surface area contributed by atoms with Gasteiger partial charge in [0.2, 0.25) is 11.8 Å². The maximum atomic E-state index is 12.1. The molecular weight excluding hydrogens is 266 g/mol. The number of benzene rings is 1. The van der Waals surface area contributed by atoms with Gasteiger partial charge in [0.05, 0.1) is 6.42 Å². The number of likely N-dealkylation sites (tertiary alicyclic amines) is 1. The Labute approximate surface area is 118 Å². The third kappa shape index (κ3) is 3.61. The molecule has 0 saturated carbocycles. The van der Waals surface area contributed by atoms with Crippen molar-refractivity contribution >= 4 is 29.9 Å². The van der Waals surface area contributed by atoms with Crippen molar-refractivity contribution in [3.63, 3.8) is 0 Å². The van der Waals surface area contributed by atoms with E-state index in [0.717, 1.165) is 12.0 Å². The molecule has 6 heteroatoms. The summed E-state index contributed by atoms with van der Waals surface area (Å²) in [6.07, 6.45) is 1.79. The van der Waals surface area contributed by atoms with Gasteiger partial charge in [-0.15, -0.1) is 12.4 Å². The number of carbonyl (C=O) groups excluding carboxylic acids is 2. The molecule has 1 heterocycles. The Balaban J connectivity index is 0.00000180. The van der Waals surface area contributed by atoms with Crippen LogP contribution in [-0.4, -0.2) is 29.3 Å².